The molecular formula is C18H22N4O. The first kappa shape index (κ1) is 15.5. The second-order valence-corrected chi connectivity index (χ2v) is 5.89. The number of nitrogens with zero attached hydrogens (tertiary/aromatic N) is 3. The van der Waals surface area contributed by atoms with Gasteiger partial charge in [0.2, 0.25) is 5.91 Å². The van der Waals surface area contributed by atoms with Crippen molar-refractivity contribution >= 4 is 17.5 Å². The second kappa shape index (κ2) is 7.22. The van der Waals surface area contributed by atoms with Crippen molar-refractivity contribution in [3.05, 3.63) is 48.0 Å². The molecule has 0 atom stereocenters. The number of hydrogen-bond donors (Lipinski definition) is 1. The van der Waals surface area contributed by atoms with Crippen LogP contribution in [-0.4, -0.2) is 22.6 Å². The van der Waals surface area contributed by atoms with E-state index in [9.17, 15) is 4.79 Å². The number of carbonyl (C=O) groups excluding carboxylic acids is 1. The van der Waals surface area contributed by atoms with Crippen LogP contribution in [0.2, 0.25) is 0 Å². The van der Waals surface area contributed by atoms with E-state index < -0.39 is 0 Å². The SMILES string of the molecule is CCN(Cc1ccccc1)c1ccc(NC(=O)C2CCC2)nn1. The number of amides is 1. The van der Waals surface area contributed by atoms with Gasteiger partial charge in [-0.15, -0.1) is 10.2 Å². The van der Waals surface area contributed by atoms with Gasteiger partial charge in [0.15, 0.2) is 11.6 Å². The molecule has 1 amide bonds. The molecule has 1 saturated carbocycles. The van der Waals surface area contributed by atoms with Crippen molar-refractivity contribution in [2.75, 3.05) is 16.8 Å². The van der Waals surface area contributed by atoms with Gasteiger partial charge in [-0.05, 0) is 37.5 Å². The highest BCUT2D eigenvalue weighted by Crippen LogP contribution is 2.27. The Morgan fingerprint density at radius 3 is 2.52 bits per heavy atom. The van der Waals surface area contributed by atoms with E-state index in [1.165, 1.54) is 5.56 Å². The van der Waals surface area contributed by atoms with Crippen LogP contribution in [-0.2, 0) is 11.3 Å². The molecule has 3 rings (SSSR count). The van der Waals surface area contributed by atoms with E-state index >= 15 is 0 Å². The summed E-state index contributed by atoms with van der Waals surface area (Å²) in [6.07, 6.45) is 3.11. The van der Waals surface area contributed by atoms with Gasteiger partial charge in [-0.1, -0.05) is 36.8 Å². The van der Waals surface area contributed by atoms with Crippen LogP contribution in [0.25, 0.3) is 0 Å². The van der Waals surface area contributed by atoms with Crippen molar-refractivity contribution in [2.45, 2.75) is 32.7 Å². The molecule has 1 aromatic carbocycles. The Kier molecular flexibility index (Phi) is 4.86. The Morgan fingerprint density at radius 1 is 1.17 bits per heavy atom. The fourth-order valence-corrected chi connectivity index (χ4v) is 2.62. The molecule has 5 heteroatoms. The molecule has 0 saturated heterocycles. The van der Waals surface area contributed by atoms with E-state index in [0.717, 1.165) is 38.2 Å². The molecule has 1 heterocycles. The summed E-state index contributed by atoms with van der Waals surface area (Å²) in [6.45, 7) is 3.73. The molecule has 1 fully saturated rings. The highest BCUT2D eigenvalue weighted by Gasteiger charge is 2.25. The van der Waals surface area contributed by atoms with Gasteiger partial charge in [0.05, 0.1) is 0 Å². The fraction of sp³-hybridized carbons (Fsp3) is 0.389. The van der Waals surface area contributed by atoms with Crippen LogP contribution in [0.1, 0.15) is 31.7 Å². The van der Waals surface area contributed by atoms with Gasteiger partial charge in [0.1, 0.15) is 0 Å². The molecule has 0 bridgehead atoms. The molecular weight excluding hydrogens is 288 g/mol. The molecule has 1 aromatic heterocycles. The lowest BCUT2D eigenvalue weighted by Crippen LogP contribution is -2.28. The third kappa shape index (κ3) is 3.86. The third-order valence-electron chi connectivity index (χ3n) is 4.30. The number of aromatic nitrogens is 2. The summed E-state index contributed by atoms with van der Waals surface area (Å²) in [6, 6.07) is 14.0. The number of anilines is 2. The monoisotopic (exact) mass is 310 g/mol. The lowest BCUT2D eigenvalue weighted by molar-refractivity contribution is -0.122. The van der Waals surface area contributed by atoms with Gasteiger partial charge in [0, 0.05) is 19.0 Å². The summed E-state index contributed by atoms with van der Waals surface area (Å²) in [7, 11) is 0. The van der Waals surface area contributed by atoms with Crippen molar-refractivity contribution in [2.24, 2.45) is 5.92 Å². The van der Waals surface area contributed by atoms with E-state index in [1.807, 2.05) is 30.3 Å². The molecule has 120 valence electrons. The summed E-state index contributed by atoms with van der Waals surface area (Å²) in [5.74, 6) is 1.57. The van der Waals surface area contributed by atoms with Gasteiger partial charge in [-0.2, -0.15) is 0 Å². The summed E-state index contributed by atoms with van der Waals surface area (Å²) in [4.78, 5) is 14.1. The molecule has 23 heavy (non-hydrogen) atoms. The predicted octanol–water partition coefficient (Wildman–Crippen LogP) is 3.24. The zero-order valence-corrected chi connectivity index (χ0v) is 13.4. The van der Waals surface area contributed by atoms with Crippen LogP contribution in [0.15, 0.2) is 42.5 Å². The zero-order chi connectivity index (χ0) is 16.1. The number of hydrogen-bond acceptors (Lipinski definition) is 4. The topological polar surface area (TPSA) is 58.1 Å². The first-order chi connectivity index (χ1) is 11.3. The van der Waals surface area contributed by atoms with Gasteiger partial charge in [-0.25, -0.2) is 0 Å². The minimum atomic E-state index is 0.0648. The van der Waals surface area contributed by atoms with E-state index in [4.69, 9.17) is 0 Å². The lowest BCUT2D eigenvalue weighted by Gasteiger charge is -2.24. The molecule has 0 radical (unpaired) electrons. The van der Waals surface area contributed by atoms with Crippen molar-refractivity contribution in [1.29, 1.82) is 0 Å². The summed E-state index contributed by atoms with van der Waals surface area (Å²) in [5, 5.41) is 11.3. The van der Waals surface area contributed by atoms with Crippen LogP contribution in [0, 0.1) is 5.92 Å². The quantitative estimate of drug-likeness (QED) is 0.890. The molecule has 0 unspecified atom stereocenters. The van der Waals surface area contributed by atoms with Crippen molar-refractivity contribution in [3.63, 3.8) is 0 Å². The average Bonchev–Trinajstić information content (AvgIpc) is 2.53. The maximum Gasteiger partial charge on any atom is 0.228 e. The van der Waals surface area contributed by atoms with Crippen molar-refractivity contribution < 1.29 is 4.79 Å². The summed E-state index contributed by atoms with van der Waals surface area (Å²) in [5.41, 5.74) is 1.23. The Hall–Kier alpha value is -2.43. The second-order valence-electron chi connectivity index (χ2n) is 5.89. The number of carbonyl (C=O) groups is 1. The lowest BCUT2D eigenvalue weighted by atomic mass is 9.85. The predicted molar refractivity (Wildman–Crippen MR) is 91.2 cm³/mol. The largest absolute Gasteiger partial charge is 0.351 e. The number of benzene rings is 1. The smallest absolute Gasteiger partial charge is 0.228 e. The number of nitrogens with one attached hydrogen (secondary N) is 1. The zero-order valence-electron chi connectivity index (χ0n) is 13.4. The Morgan fingerprint density at radius 2 is 1.96 bits per heavy atom. The summed E-state index contributed by atoms with van der Waals surface area (Å²) < 4.78 is 0. The molecule has 0 spiro atoms. The first-order valence-corrected chi connectivity index (χ1v) is 8.19. The standard InChI is InChI=1S/C18H22N4O/c1-2-22(13-14-7-4-3-5-8-14)17-12-11-16(20-21-17)19-18(23)15-9-6-10-15/h3-5,7-8,11-12,15H,2,6,9-10,13H2,1H3,(H,19,20,23). The van der Waals surface area contributed by atoms with Crippen LogP contribution < -0.4 is 10.2 Å². The van der Waals surface area contributed by atoms with Gasteiger partial charge < -0.3 is 10.2 Å². The fourth-order valence-electron chi connectivity index (χ4n) is 2.62. The van der Waals surface area contributed by atoms with E-state index in [1.54, 1.807) is 0 Å². The van der Waals surface area contributed by atoms with Crippen LogP contribution in [0.3, 0.4) is 0 Å². The van der Waals surface area contributed by atoms with Gasteiger partial charge in [-0.3, -0.25) is 4.79 Å². The first-order valence-electron chi connectivity index (χ1n) is 8.19. The minimum Gasteiger partial charge on any atom is -0.351 e. The highest BCUT2D eigenvalue weighted by atomic mass is 16.2. The van der Waals surface area contributed by atoms with Crippen LogP contribution in [0.4, 0.5) is 11.6 Å². The van der Waals surface area contributed by atoms with Crippen LogP contribution >= 0.6 is 0 Å². The van der Waals surface area contributed by atoms with E-state index in [-0.39, 0.29) is 11.8 Å². The Balaban J connectivity index is 1.63. The van der Waals surface area contributed by atoms with Gasteiger partial charge >= 0.3 is 0 Å². The third-order valence-corrected chi connectivity index (χ3v) is 4.30. The molecule has 5 nitrogen and oxygen atoms in total. The minimum absolute atomic E-state index is 0.0648. The summed E-state index contributed by atoms with van der Waals surface area (Å²) >= 11 is 0. The van der Waals surface area contributed by atoms with Gasteiger partial charge in [0.25, 0.3) is 0 Å². The molecule has 0 aliphatic heterocycles. The molecule has 1 N–H and O–H groups in total. The van der Waals surface area contributed by atoms with Crippen LogP contribution in [0.5, 0.6) is 0 Å². The van der Waals surface area contributed by atoms with E-state index in [0.29, 0.717) is 5.82 Å². The molecule has 1 aliphatic carbocycles. The highest BCUT2D eigenvalue weighted by molar-refractivity contribution is 5.92. The maximum atomic E-state index is 11.9. The average molecular weight is 310 g/mol. The van der Waals surface area contributed by atoms with E-state index in [2.05, 4.69) is 39.5 Å². The molecule has 2 aromatic rings. The Labute approximate surface area is 136 Å². The normalized spacial score (nSPS) is 14.1. The maximum absolute atomic E-state index is 11.9. The van der Waals surface area contributed by atoms with Crippen molar-refractivity contribution in [1.82, 2.24) is 10.2 Å². The molecule has 1 aliphatic rings. The van der Waals surface area contributed by atoms with Crippen molar-refractivity contribution in [3.8, 4) is 0 Å². The number of rotatable bonds is 6. The Bertz CT molecular complexity index is 638.